The molecule has 112 valence electrons. The third-order valence-corrected chi connectivity index (χ3v) is 4.30. The highest BCUT2D eigenvalue weighted by molar-refractivity contribution is 5.21. The number of nitrogens with one attached hydrogen (secondary N) is 1. The second kappa shape index (κ2) is 7.24. The van der Waals surface area contributed by atoms with Crippen molar-refractivity contribution in [3.8, 4) is 0 Å². The molecule has 0 aliphatic heterocycles. The maximum atomic E-state index is 3.84. The van der Waals surface area contributed by atoms with Crippen molar-refractivity contribution >= 4 is 0 Å². The molecular weight excluding hydrogens is 244 g/mol. The van der Waals surface area contributed by atoms with Gasteiger partial charge in [0.05, 0.1) is 0 Å². The van der Waals surface area contributed by atoms with Crippen molar-refractivity contribution in [2.75, 3.05) is 20.6 Å². The summed E-state index contributed by atoms with van der Waals surface area (Å²) in [5, 5.41) is 3.84. The van der Waals surface area contributed by atoms with Crippen molar-refractivity contribution in [3.63, 3.8) is 0 Å². The van der Waals surface area contributed by atoms with Crippen LogP contribution in [-0.4, -0.2) is 31.6 Å². The molecule has 0 aromatic heterocycles. The first kappa shape index (κ1) is 15.5. The largest absolute Gasteiger partial charge is 0.308 e. The fourth-order valence-corrected chi connectivity index (χ4v) is 2.93. The van der Waals surface area contributed by atoms with Gasteiger partial charge in [0.2, 0.25) is 0 Å². The van der Waals surface area contributed by atoms with Gasteiger partial charge in [-0.15, -0.1) is 0 Å². The normalized spacial score (nSPS) is 18.5. The lowest BCUT2D eigenvalue weighted by Gasteiger charge is -2.29. The van der Waals surface area contributed by atoms with Gasteiger partial charge in [-0.05, 0) is 50.8 Å². The molecule has 0 saturated heterocycles. The van der Waals surface area contributed by atoms with E-state index in [-0.39, 0.29) is 0 Å². The molecule has 0 amide bonds. The van der Waals surface area contributed by atoms with Crippen molar-refractivity contribution in [1.82, 2.24) is 10.2 Å². The zero-order chi connectivity index (χ0) is 14.5. The molecule has 2 heteroatoms. The summed E-state index contributed by atoms with van der Waals surface area (Å²) in [5.41, 5.74) is 1.46. The first-order chi connectivity index (χ1) is 9.58. The monoisotopic (exact) mass is 274 g/mol. The number of rotatable bonds is 8. The van der Waals surface area contributed by atoms with Crippen molar-refractivity contribution in [2.24, 2.45) is 11.8 Å². The highest BCUT2D eigenvalue weighted by atomic mass is 15.1. The highest BCUT2D eigenvalue weighted by Gasteiger charge is 2.32. The van der Waals surface area contributed by atoms with E-state index in [1.54, 1.807) is 0 Å². The summed E-state index contributed by atoms with van der Waals surface area (Å²) in [6.07, 6.45) is 4.01. The van der Waals surface area contributed by atoms with Crippen LogP contribution in [0, 0.1) is 11.8 Å². The van der Waals surface area contributed by atoms with Gasteiger partial charge in [-0.1, -0.05) is 44.2 Å². The van der Waals surface area contributed by atoms with Crippen molar-refractivity contribution in [3.05, 3.63) is 35.9 Å². The summed E-state index contributed by atoms with van der Waals surface area (Å²) in [4.78, 5) is 2.36. The van der Waals surface area contributed by atoms with Crippen LogP contribution in [0.2, 0.25) is 0 Å². The lowest BCUT2D eigenvalue weighted by molar-refractivity contribution is 0.237. The molecule has 2 atom stereocenters. The zero-order valence-electron chi connectivity index (χ0n) is 13.5. The Morgan fingerprint density at radius 3 is 2.30 bits per heavy atom. The Balaban J connectivity index is 1.95. The van der Waals surface area contributed by atoms with Gasteiger partial charge in [0.15, 0.2) is 0 Å². The average molecular weight is 274 g/mol. The summed E-state index contributed by atoms with van der Waals surface area (Å²) in [6, 6.07) is 12.1. The summed E-state index contributed by atoms with van der Waals surface area (Å²) in [6.45, 7) is 5.71. The molecule has 2 rings (SSSR count). The quantitative estimate of drug-likeness (QED) is 0.777. The van der Waals surface area contributed by atoms with Gasteiger partial charge >= 0.3 is 0 Å². The number of hydrogen-bond donors (Lipinski definition) is 1. The van der Waals surface area contributed by atoms with Crippen LogP contribution in [0.5, 0.6) is 0 Å². The minimum atomic E-state index is 0.547. The molecule has 1 aliphatic rings. The Kier molecular flexibility index (Phi) is 5.62. The number of benzene rings is 1. The summed E-state index contributed by atoms with van der Waals surface area (Å²) < 4.78 is 0. The topological polar surface area (TPSA) is 15.3 Å². The van der Waals surface area contributed by atoms with Crippen LogP contribution < -0.4 is 5.32 Å². The molecular formula is C18H30N2. The first-order valence-corrected chi connectivity index (χ1v) is 8.02. The Hall–Kier alpha value is -0.860. The van der Waals surface area contributed by atoms with Crippen LogP contribution >= 0.6 is 0 Å². The second-order valence-corrected chi connectivity index (χ2v) is 6.88. The van der Waals surface area contributed by atoms with E-state index in [0.717, 1.165) is 18.4 Å². The van der Waals surface area contributed by atoms with Gasteiger partial charge in [0.25, 0.3) is 0 Å². The van der Waals surface area contributed by atoms with Crippen molar-refractivity contribution in [1.29, 1.82) is 0 Å². The second-order valence-electron chi connectivity index (χ2n) is 6.88. The molecule has 0 bridgehead atoms. The fraction of sp³-hybridized carbons (Fsp3) is 0.667. The van der Waals surface area contributed by atoms with Crippen LogP contribution in [0.25, 0.3) is 0 Å². The Morgan fingerprint density at radius 1 is 1.15 bits per heavy atom. The lowest BCUT2D eigenvalue weighted by atomic mass is 9.99. The molecule has 1 aliphatic carbocycles. The standard InChI is InChI=1S/C18H30N2/c1-14(2)12-17(20(3)4)13-19-18(16-10-11-16)15-8-6-5-7-9-15/h5-9,14,16-19H,10-13H2,1-4H3. The van der Waals surface area contributed by atoms with Gasteiger partial charge in [0.1, 0.15) is 0 Å². The smallest absolute Gasteiger partial charge is 0.0349 e. The minimum absolute atomic E-state index is 0.547. The predicted molar refractivity (Wildman–Crippen MR) is 86.8 cm³/mol. The molecule has 1 fully saturated rings. The van der Waals surface area contributed by atoms with Gasteiger partial charge in [-0.2, -0.15) is 0 Å². The summed E-state index contributed by atoms with van der Waals surface area (Å²) in [7, 11) is 4.40. The highest BCUT2D eigenvalue weighted by Crippen LogP contribution is 2.40. The maximum Gasteiger partial charge on any atom is 0.0349 e. The molecule has 0 heterocycles. The molecule has 20 heavy (non-hydrogen) atoms. The Morgan fingerprint density at radius 2 is 1.80 bits per heavy atom. The van der Waals surface area contributed by atoms with Gasteiger partial charge < -0.3 is 10.2 Å². The third kappa shape index (κ3) is 4.60. The number of nitrogens with zero attached hydrogens (tertiary/aromatic N) is 1. The molecule has 0 spiro atoms. The summed E-state index contributed by atoms with van der Waals surface area (Å²) >= 11 is 0. The van der Waals surface area contributed by atoms with E-state index in [2.05, 4.69) is 68.5 Å². The minimum Gasteiger partial charge on any atom is -0.308 e. The van der Waals surface area contributed by atoms with Crippen LogP contribution in [0.1, 0.15) is 44.7 Å². The van der Waals surface area contributed by atoms with Gasteiger partial charge in [-0.25, -0.2) is 0 Å². The third-order valence-electron chi connectivity index (χ3n) is 4.30. The lowest BCUT2D eigenvalue weighted by Crippen LogP contribution is -2.40. The zero-order valence-corrected chi connectivity index (χ0v) is 13.5. The van der Waals surface area contributed by atoms with E-state index < -0.39 is 0 Å². The maximum absolute atomic E-state index is 3.84. The van der Waals surface area contributed by atoms with E-state index in [4.69, 9.17) is 0 Å². The van der Waals surface area contributed by atoms with Crippen LogP contribution in [0.15, 0.2) is 30.3 Å². The Bertz CT molecular complexity index is 382. The van der Waals surface area contributed by atoms with Crippen LogP contribution in [0.4, 0.5) is 0 Å². The first-order valence-electron chi connectivity index (χ1n) is 8.02. The van der Waals surface area contributed by atoms with Crippen molar-refractivity contribution < 1.29 is 0 Å². The van der Waals surface area contributed by atoms with E-state index in [1.165, 1.54) is 24.8 Å². The molecule has 1 aromatic carbocycles. The molecule has 0 radical (unpaired) electrons. The number of likely N-dealkylation sites (N-methyl/N-ethyl adjacent to an activating group) is 1. The number of hydrogen-bond acceptors (Lipinski definition) is 2. The van der Waals surface area contributed by atoms with Crippen molar-refractivity contribution in [2.45, 2.75) is 45.2 Å². The van der Waals surface area contributed by atoms with E-state index in [1.807, 2.05) is 0 Å². The molecule has 1 N–H and O–H groups in total. The molecule has 1 aromatic rings. The van der Waals surface area contributed by atoms with E-state index in [0.29, 0.717) is 12.1 Å². The SMILES string of the molecule is CC(C)CC(CNC(c1ccccc1)C1CC1)N(C)C. The summed E-state index contributed by atoms with van der Waals surface area (Å²) in [5.74, 6) is 1.60. The molecule has 2 nitrogen and oxygen atoms in total. The van der Waals surface area contributed by atoms with Crippen LogP contribution in [-0.2, 0) is 0 Å². The predicted octanol–water partition coefficient (Wildman–Crippen LogP) is 3.70. The average Bonchev–Trinajstić information content (AvgIpc) is 3.23. The fourth-order valence-electron chi connectivity index (χ4n) is 2.93. The van der Waals surface area contributed by atoms with Gasteiger partial charge in [0, 0.05) is 18.6 Å². The molecule has 1 saturated carbocycles. The van der Waals surface area contributed by atoms with Crippen LogP contribution in [0.3, 0.4) is 0 Å². The Labute approximate surface area is 124 Å². The van der Waals surface area contributed by atoms with E-state index >= 15 is 0 Å². The van der Waals surface area contributed by atoms with E-state index in [9.17, 15) is 0 Å². The van der Waals surface area contributed by atoms with Gasteiger partial charge in [-0.3, -0.25) is 0 Å². The molecule has 2 unspecified atom stereocenters.